The Morgan fingerprint density at radius 1 is 0.882 bits per heavy atom. The summed E-state index contributed by atoms with van der Waals surface area (Å²) in [6.07, 6.45) is 6.87. The quantitative estimate of drug-likeness (QED) is 0.313. The van der Waals surface area contributed by atoms with Crippen LogP contribution in [0.1, 0.15) is 22.4 Å². The Labute approximate surface area is 200 Å². The van der Waals surface area contributed by atoms with Crippen LogP contribution in [0, 0.1) is 13.8 Å². The van der Waals surface area contributed by atoms with E-state index in [1.54, 1.807) is 36.4 Å². The minimum absolute atomic E-state index is 0.142. The van der Waals surface area contributed by atoms with Gasteiger partial charge in [-0.1, -0.05) is 0 Å². The summed E-state index contributed by atoms with van der Waals surface area (Å²) in [5.74, 6) is 0.892. The molecule has 2 aromatic rings. The molecule has 12 nitrogen and oxygen atoms in total. The van der Waals surface area contributed by atoms with Crippen LogP contribution in [0.25, 0.3) is 0 Å². The number of guanidine groups is 4. The van der Waals surface area contributed by atoms with E-state index in [0.717, 1.165) is 35.2 Å². The van der Waals surface area contributed by atoms with Crippen LogP contribution in [-0.2, 0) is 19.5 Å². The summed E-state index contributed by atoms with van der Waals surface area (Å²) in [7, 11) is 5.42. The van der Waals surface area contributed by atoms with Gasteiger partial charge in [0.1, 0.15) is 0 Å². The molecule has 0 amide bonds. The summed E-state index contributed by atoms with van der Waals surface area (Å²) >= 11 is 0. The molecule has 34 heavy (non-hydrogen) atoms. The average molecular weight is 472 g/mol. The second kappa shape index (κ2) is 12.3. The SMILES string of the molecule is Cc1cocc1CCN=C(N)N=C(N)N(C)Cn1ccc(CCN=C(N)N=C(N)N(C)C)c1C. The second-order valence-electron chi connectivity index (χ2n) is 8.13. The van der Waals surface area contributed by atoms with E-state index < -0.39 is 0 Å². The molecule has 12 heteroatoms. The Kier molecular flexibility index (Phi) is 9.53. The van der Waals surface area contributed by atoms with Crippen molar-refractivity contribution in [3.8, 4) is 0 Å². The Bertz CT molecular complexity index is 1060. The summed E-state index contributed by atoms with van der Waals surface area (Å²) < 4.78 is 7.23. The Morgan fingerprint density at radius 3 is 2.03 bits per heavy atom. The van der Waals surface area contributed by atoms with E-state index in [1.165, 1.54) is 0 Å². The number of rotatable bonds is 8. The number of hydrogen-bond donors (Lipinski definition) is 4. The van der Waals surface area contributed by atoms with Crippen LogP contribution < -0.4 is 22.9 Å². The molecule has 0 aliphatic heterocycles. The van der Waals surface area contributed by atoms with Crippen molar-refractivity contribution < 1.29 is 4.42 Å². The lowest BCUT2D eigenvalue weighted by molar-refractivity contribution is 0.395. The predicted molar refractivity (Wildman–Crippen MR) is 138 cm³/mol. The standard InChI is InChI=1S/C22H37N11O/c1-15-12-34-13-18(15)7-10-28-20(24)30-22(26)32(5)14-33-11-8-17(16(33)2)6-9-27-19(23)29-21(25)31(3)4/h8,11-13H,6-7,9-10,14H2,1-5H3,(H4,23,25,27,29)(H4,24,26,28,30). The van der Waals surface area contributed by atoms with Gasteiger partial charge >= 0.3 is 0 Å². The maximum atomic E-state index is 6.12. The molecule has 2 heterocycles. The third-order valence-corrected chi connectivity index (χ3v) is 5.29. The van der Waals surface area contributed by atoms with E-state index in [4.69, 9.17) is 27.4 Å². The zero-order chi connectivity index (χ0) is 25.3. The van der Waals surface area contributed by atoms with E-state index in [0.29, 0.717) is 25.7 Å². The van der Waals surface area contributed by atoms with Gasteiger partial charge in [0.15, 0.2) is 5.96 Å². The average Bonchev–Trinajstić information content (AvgIpc) is 3.33. The minimum atomic E-state index is 0.142. The highest BCUT2D eigenvalue weighted by Gasteiger charge is 2.09. The van der Waals surface area contributed by atoms with E-state index in [9.17, 15) is 0 Å². The van der Waals surface area contributed by atoms with Crippen molar-refractivity contribution in [2.45, 2.75) is 33.4 Å². The molecule has 0 bridgehead atoms. The molecule has 186 valence electrons. The largest absolute Gasteiger partial charge is 0.472 e. The van der Waals surface area contributed by atoms with Crippen LogP contribution in [0.4, 0.5) is 0 Å². The molecule has 0 saturated carbocycles. The summed E-state index contributed by atoms with van der Waals surface area (Å²) in [5, 5.41) is 0. The first-order chi connectivity index (χ1) is 16.1. The van der Waals surface area contributed by atoms with Gasteiger partial charge in [-0.15, -0.1) is 0 Å². The molecule has 0 fully saturated rings. The molecule has 0 saturated heterocycles. The van der Waals surface area contributed by atoms with Gasteiger partial charge < -0.3 is 41.7 Å². The van der Waals surface area contributed by atoms with Gasteiger partial charge in [0, 0.05) is 46.1 Å². The lowest BCUT2D eigenvalue weighted by Crippen LogP contribution is -2.37. The Balaban J connectivity index is 1.90. The van der Waals surface area contributed by atoms with Crippen molar-refractivity contribution >= 4 is 23.8 Å². The van der Waals surface area contributed by atoms with Crippen LogP contribution in [-0.4, -0.2) is 72.4 Å². The minimum Gasteiger partial charge on any atom is -0.472 e. The smallest absolute Gasteiger partial charge is 0.218 e. The number of nitrogens with two attached hydrogens (primary N) is 4. The molecule has 0 aliphatic rings. The van der Waals surface area contributed by atoms with Crippen molar-refractivity contribution in [2.24, 2.45) is 42.9 Å². The van der Waals surface area contributed by atoms with Gasteiger partial charge in [-0.05, 0) is 49.4 Å². The molecule has 0 atom stereocenters. The molecule has 0 radical (unpaired) electrons. The van der Waals surface area contributed by atoms with Crippen molar-refractivity contribution in [1.29, 1.82) is 0 Å². The third kappa shape index (κ3) is 7.87. The van der Waals surface area contributed by atoms with Gasteiger partial charge in [-0.2, -0.15) is 9.98 Å². The number of furan rings is 1. The fourth-order valence-electron chi connectivity index (χ4n) is 3.03. The Hall–Kier alpha value is -3.96. The summed E-state index contributed by atoms with van der Waals surface area (Å²) in [4.78, 5) is 20.3. The predicted octanol–water partition coefficient (Wildman–Crippen LogP) is 0.193. The van der Waals surface area contributed by atoms with Crippen molar-refractivity contribution in [2.75, 3.05) is 34.2 Å². The van der Waals surface area contributed by atoms with Crippen LogP contribution >= 0.6 is 0 Å². The molecule has 2 rings (SSSR count). The van der Waals surface area contributed by atoms with Crippen molar-refractivity contribution in [1.82, 2.24) is 14.4 Å². The second-order valence-corrected chi connectivity index (χ2v) is 8.13. The number of aromatic nitrogens is 1. The monoisotopic (exact) mass is 471 g/mol. The molecule has 0 unspecified atom stereocenters. The van der Waals surface area contributed by atoms with Crippen molar-refractivity contribution in [3.05, 3.63) is 47.2 Å². The van der Waals surface area contributed by atoms with Crippen molar-refractivity contribution in [3.63, 3.8) is 0 Å². The van der Waals surface area contributed by atoms with Gasteiger partial charge in [0.2, 0.25) is 17.9 Å². The molecular formula is C22H37N11O. The normalized spacial score (nSPS) is 13.4. The van der Waals surface area contributed by atoms with Crippen LogP contribution in [0.15, 0.2) is 49.2 Å². The maximum absolute atomic E-state index is 6.12. The highest BCUT2D eigenvalue weighted by atomic mass is 16.3. The van der Waals surface area contributed by atoms with E-state index in [2.05, 4.69) is 24.5 Å². The fourth-order valence-corrected chi connectivity index (χ4v) is 3.03. The van der Waals surface area contributed by atoms with Crippen LogP contribution in [0.2, 0.25) is 0 Å². The van der Waals surface area contributed by atoms with Crippen LogP contribution in [0.5, 0.6) is 0 Å². The first kappa shape index (κ1) is 26.3. The van der Waals surface area contributed by atoms with E-state index in [1.807, 2.05) is 33.2 Å². The lowest BCUT2D eigenvalue weighted by Gasteiger charge is -2.20. The third-order valence-electron chi connectivity index (χ3n) is 5.29. The molecule has 8 N–H and O–H groups in total. The number of hydrogen-bond acceptors (Lipinski definition) is 3. The van der Waals surface area contributed by atoms with E-state index in [-0.39, 0.29) is 17.9 Å². The maximum Gasteiger partial charge on any atom is 0.218 e. The zero-order valence-corrected chi connectivity index (χ0v) is 20.7. The van der Waals surface area contributed by atoms with Gasteiger partial charge in [-0.3, -0.25) is 9.98 Å². The summed E-state index contributed by atoms with van der Waals surface area (Å²) in [6, 6.07) is 2.05. The number of nitrogens with zero attached hydrogens (tertiary/aromatic N) is 7. The van der Waals surface area contributed by atoms with Crippen LogP contribution in [0.3, 0.4) is 0 Å². The highest BCUT2D eigenvalue weighted by Crippen LogP contribution is 2.12. The lowest BCUT2D eigenvalue weighted by atomic mass is 10.1. The molecular weight excluding hydrogens is 434 g/mol. The molecule has 2 aromatic heterocycles. The van der Waals surface area contributed by atoms with E-state index >= 15 is 0 Å². The first-order valence-corrected chi connectivity index (χ1v) is 10.9. The molecule has 0 aliphatic carbocycles. The number of aliphatic imine (C=N–C) groups is 4. The number of aryl methyl sites for hydroxylation is 1. The molecule has 0 aromatic carbocycles. The summed E-state index contributed by atoms with van der Waals surface area (Å²) in [6.45, 7) is 5.56. The molecule has 0 spiro atoms. The zero-order valence-electron chi connectivity index (χ0n) is 20.7. The topological polar surface area (TPSA) is 178 Å². The Morgan fingerprint density at radius 2 is 1.47 bits per heavy atom. The van der Waals surface area contributed by atoms with Gasteiger partial charge in [0.05, 0.1) is 19.2 Å². The summed E-state index contributed by atoms with van der Waals surface area (Å²) in [5.41, 5.74) is 28.0. The first-order valence-electron chi connectivity index (χ1n) is 10.9. The van der Waals surface area contributed by atoms with Gasteiger partial charge in [-0.25, -0.2) is 0 Å². The van der Waals surface area contributed by atoms with Gasteiger partial charge in [0.25, 0.3) is 0 Å². The fraction of sp³-hybridized carbons (Fsp3) is 0.455. The highest BCUT2D eigenvalue weighted by molar-refractivity contribution is 5.93.